The summed E-state index contributed by atoms with van der Waals surface area (Å²) in [7, 11) is 0. The van der Waals surface area contributed by atoms with Crippen LogP contribution in [0.4, 0.5) is 8.78 Å². The number of hydrogen-bond donors (Lipinski definition) is 1. The fourth-order valence-electron chi connectivity index (χ4n) is 2.70. The zero-order valence-electron chi connectivity index (χ0n) is 12.7. The van der Waals surface area contributed by atoms with E-state index in [4.69, 9.17) is 16.3 Å². The van der Waals surface area contributed by atoms with Crippen molar-refractivity contribution >= 4 is 23.5 Å². The molecule has 0 saturated heterocycles. The topological polar surface area (TPSA) is 66.8 Å². The minimum absolute atomic E-state index is 0.141. The molecule has 0 spiro atoms. The van der Waals surface area contributed by atoms with Crippen LogP contribution in [0.2, 0.25) is 5.02 Å². The van der Waals surface area contributed by atoms with Crippen molar-refractivity contribution in [3.8, 4) is 5.75 Å². The van der Waals surface area contributed by atoms with Gasteiger partial charge in [0.1, 0.15) is 17.4 Å². The summed E-state index contributed by atoms with van der Waals surface area (Å²) in [6, 6.07) is 6.09. The average Bonchev–Trinajstić information content (AvgIpc) is 2.68. The van der Waals surface area contributed by atoms with Crippen molar-refractivity contribution in [3.05, 3.63) is 64.2 Å². The van der Waals surface area contributed by atoms with Gasteiger partial charge in [-0.3, -0.25) is 4.79 Å². The number of benzene rings is 2. The molecule has 5 nitrogen and oxygen atoms in total. The van der Waals surface area contributed by atoms with E-state index in [-0.39, 0.29) is 16.3 Å². The fourth-order valence-corrected chi connectivity index (χ4v) is 2.88. The number of carboxylic acids is 1. The first kappa shape index (κ1) is 17.2. The van der Waals surface area contributed by atoms with E-state index in [2.05, 4.69) is 0 Å². The summed E-state index contributed by atoms with van der Waals surface area (Å²) in [6.07, 6.45) is 0. The predicted octanol–water partition coefficient (Wildman–Crippen LogP) is 3.17. The number of carbonyl (C=O) groups excluding carboxylic acids is 1. The fraction of sp³-hybridized carbons (Fsp3) is 0.176. The molecule has 3 rings (SSSR count). The van der Waals surface area contributed by atoms with Gasteiger partial charge in [-0.05, 0) is 30.3 Å². The number of aliphatic carboxylic acids is 1. The van der Waals surface area contributed by atoms with Crippen molar-refractivity contribution in [3.63, 3.8) is 0 Å². The smallest absolute Gasteiger partial charge is 0.331 e. The Balaban J connectivity index is 2.09. The van der Waals surface area contributed by atoms with Crippen LogP contribution in [0.1, 0.15) is 17.2 Å². The lowest BCUT2D eigenvalue weighted by Crippen LogP contribution is -2.39. The molecular formula is C17H12ClF2NO4. The molecule has 25 heavy (non-hydrogen) atoms. The van der Waals surface area contributed by atoms with Gasteiger partial charge in [0.25, 0.3) is 5.91 Å². The van der Waals surface area contributed by atoms with Crippen molar-refractivity contribution in [1.82, 2.24) is 4.90 Å². The first-order valence-electron chi connectivity index (χ1n) is 7.26. The minimum Gasteiger partial charge on any atom is -0.483 e. The van der Waals surface area contributed by atoms with Crippen LogP contribution >= 0.6 is 11.6 Å². The second-order valence-corrected chi connectivity index (χ2v) is 5.87. The lowest BCUT2D eigenvalue weighted by molar-refractivity contribution is -0.151. The molecule has 2 aromatic carbocycles. The van der Waals surface area contributed by atoms with Crippen LogP contribution in [-0.4, -0.2) is 28.5 Å². The molecule has 0 aliphatic carbocycles. The number of fused-ring (bicyclic) bond motifs is 1. The van der Waals surface area contributed by atoms with E-state index in [1.807, 2.05) is 0 Å². The lowest BCUT2D eigenvalue weighted by atomic mass is 10.0. The number of ether oxygens (including phenoxy) is 1. The molecule has 0 saturated carbocycles. The quantitative estimate of drug-likeness (QED) is 0.905. The Morgan fingerprint density at radius 3 is 2.60 bits per heavy atom. The van der Waals surface area contributed by atoms with Crippen molar-refractivity contribution in [1.29, 1.82) is 0 Å². The van der Waals surface area contributed by atoms with Crippen molar-refractivity contribution in [2.45, 2.75) is 12.6 Å². The maximum atomic E-state index is 13.9. The van der Waals surface area contributed by atoms with Gasteiger partial charge in [0.2, 0.25) is 0 Å². The van der Waals surface area contributed by atoms with Crippen LogP contribution in [0, 0.1) is 11.6 Å². The summed E-state index contributed by atoms with van der Waals surface area (Å²) in [4.78, 5) is 25.1. The van der Waals surface area contributed by atoms with Gasteiger partial charge in [-0.25, -0.2) is 13.6 Å². The molecule has 1 unspecified atom stereocenters. The van der Waals surface area contributed by atoms with Crippen LogP contribution in [0.15, 0.2) is 36.4 Å². The first-order chi connectivity index (χ1) is 11.9. The number of rotatable bonds is 3. The molecular weight excluding hydrogens is 356 g/mol. The third kappa shape index (κ3) is 3.28. The standard InChI is InChI=1S/C17H12ClF2NO4/c18-9-4-5-14-10(6-9)16(17(23)24)21(15(22)8-25-14)7-11-12(19)2-1-3-13(11)20/h1-6,16H,7-8H2,(H,23,24). The summed E-state index contributed by atoms with van der Waals surface area (Å²) in [5, 5.41) is 9.88. The Kier molecular flexibility index (Phi) is 4.59. The SMILES string of the molecule is O=C(O)C1c2cc(Cl)ccc2OCC(=O)N1Cc1c(F)cccc1F. The summed E-state index contributed by atoms with van der Waals surface area (Å²) >= 11 is 5.92. The zero-order chi connectivity index (χ0) is 18.1. The second-order valence-electron chi connectivity index (χ2n) is 5.43. The van der Waals surface area contributed by atoms with E-state index in [1.165, 1.54) is 24.3 Å². The number of nitrogens with zero attached hydrogens (tertiary/aromatic N) is 1. The minimum atomic E-state index is -1.48. The largest absolute Gasteiger partial charge is 0.483 e. The third-order valence-electron chi connectivity index (χ3n) is 3.87. The molecule has 0 bridgehead atoms. The average molecular weight is 368 g/mol. The Morgan fingerprint density at radius 2 is 1.96 bits per heavy atom. The van der Waals surface area contributed by atoms with Gasteiger partial charge < -0.3 is 14.7 Å². The van der Waals surface area contributed by atoms with Gasteiger partial charge in [-0.1, -0.05) is 17.7 Å². The van der Waals surface area contributed by atoms with Crippen LogP contribution in [-0.2, 0) is 16.1 Å². The maximum Gasteiger partial charge on any atom is 0.331 e. The second kappa shape index (κ2) is 6.68. The summed E-state index contributed by atoms with van der Waals surface area (Å²) in [5.41, 5.74) is -0.254. The maximum absolute atomic E-state index is 13.9. The summed E-state index contributed by atoms with van der Waals surface area (Å²) in [5.74, 6) is -3.62. The summed E-state index contributed by atoms with van der Waals surface area (Å²) in [6.45, 7) is -1.00. The number of halogens is 3. The highest BCUT2D eigenvalue weighted by atomic mass is 35.5. The first-order valence-corrected chi connectivity index (χ1v) is 7.63. The lowest BCUT2D eigenvalue weighted by Gasteiger charge is -2.27. The molecule has 0 fully saturated rings. The van der Waals surface area contributed by atoms with Crippen molar-refractivity contribution < 1.29 is 28.2 Å². The molecule has 0 aromatic heterocycles. The third-order valence-corrected chi connectivity index (χ3v) is 4.11. The normalized spacial score (nSPS) is 16.8. The van der Waals surface area contributed by atoms with Gasteiger partial charge in [0.15, 0.2) is 12.6 Å². The molecule has 8 heteroatoms. The van der Waals surface area contributed by atoms with Gasteiger partial charge in [0.05, 0.1) is 6.54 Å². The summed E-state index contributed by atoms with van der Waals surface area (Å²) < 4.78 is 33.2. The molecule has 2 aromatic rings. The number of carbonyl (C=O) groups is 2. The predicted molar refractivity (Wildman–Crippen MR) is 84.2 cm³/mol. The number of amides is 1. The van der Waals surface area contributed by atoms with Gasteiger partial charge in [-0.2, -0.15) is 0 Å². The highest BCUT2D eigenvalue weighted by molar-refractivity contribution is 6.30. The molecule has 1 aliphatic rings. The van der Waals surface area contributed by atoms with E-state index < -0.39 is 48.3 Å². The van der Waals surface area contributed by atoms with Crippen LogP contribution in [0.5, 0.6) is 5.75 Å². The number of hydrogen-bond acceptors (Lipinski definition) is 3. The Bertz CT molecular complexity index is 838. The van der Waals surface area contributed by atoms with E-state index in [1.54, 1.807) is 0 Å². The van der Waals surface area contributed by atoms with E-state index in [9.17, 15) is 23.5 Å². The zero-order valence-corrected chi connectivity index (χ0v) is 13.5. The number of carboxylic acid groups (broad SMARTS) is 1. The molecule has 1 heterocycles. The van der Waals surface area contributed by atoms with Gasteiger partial charge >= 0.3 is 5.97 Å². The molecule has 1 aliphatic heterocycles. The molecule has 130 valence electrons. The Labute approximate surface area is 146 Å². The van der Waals surface area contributed by atoms with Crippen molar-refractivity contribution in [2.75, 3.05) is 6.61 Å². The van der Waals surface area contributed by atoms with E-state index in [0.717, 1.165) is 17.0 Å². The Morgan fingerprint density at radius 1 is 1.28 bits per heavy atom. The molecule has 0 radical (unpaired) electrons. The Hall–Kier alpha value is -2.67. The monoisotopic (exact) mass is 367 g/mol. The van der Waals surface area contributed by atoms with Crippen LogP contribution in [0.3, 0.4) is 0 Å². The molecule has 1 N–H and O–H groups in total. The highest BCUT2D eigenvalue weighted by Gasteiger charge is 2.37. The van der Waals surface area contributed by atoms with Crippen molar-refractivity contribution in [2.24, 2.45) is 0 Å². The molecule has 1 amide bonds. The van der Waals surface area contributed by atoms with E-state index >= 15 is 0 Å². The van der Waals surface area contributed by atoms with Gasteiger partial charge in [0, 0.05) is 16.1 Å². The highest BCUT2D eigenvalue weighted by Crippen LogP contribution is 2.36. The van der Waals surface area contributed by atoms with Crippen LogP contribution < -0.4 is 4.74 Å². The molecule has 1 atom stereocenters. The van der Waals surface area contributed by atoms with E-state index in [0.29, 0.717) is 0 Å². The van der Waals surface area contributed by atoms with Crippen LogP contribution in [0.25, 0.3) is 0 Å². The van der Waals surface area contributed by atoms with Gasteiger partial charge in [-0.15, -0.1) is 0 Å².